The number of halogens is 1. The van der Waals surface area contributed by atoms with Gasteiger partial charge in [-0.25, -0.2) is 5.48 Å². The molecule has 1 rings (SSSR count). The van der Waals surface area contributed by atoms with Gasteiger partial charge in [0, 0.05) is 17.5 Å². The quantitative estimate of drug-likeness (QED) is 0.135. The van der Waals surface area contributed by atoms with E-state index in [1.807, 2.05) is 12.1 Å². The lowest BCUT2D eigenvalue weighted by molar-refractivity contribution is -0.166. The van der Waals surface area contributed by atoms with Crippen molar-refractivity contribution in [3.8, 4) is 0 Å². The molecule has 5 N–H and O–H groups in total. The molecule has 0 aliphatic rings. The van der Waals surface area contributed by atoms with Gasteiger partial charge in [0.25, 0.3) is 11.8 Å². The molecule has 0 bridgehead atoms. The minimum atomic E-state index is -2.23. The van der Waals surface area contributed by atoms with Gasteiger partial charge in [-0.05, 0) is 37.0 Å². The summed E-state index contributed by atoms with van der Waals surface area (Å²) >= 11 is 5.86. The van der Waals surface area contributed by atoms with Gasteiger partial charge in [0.15, 0.2) is 0 Å². The molecule has 0 heterocycles. The van der Waals surface area contributed by atoms with E-state index in [0.717, 1.165) is 12.0 Å². The van der Waals surface area contributed by atoms with Crippen LogP contribution in [0.2, 0.25) is 5.02 Å². The number of carbonyl (C=O) groups is 3. The molecule has 1 aromatic rings. The first-order valence-electron chi connectivity index (χ1n) is 9.41. The summed E-state index contributed by atoms with van der Waals surface area (Å²) in [7, 11) is 1.33. The van der Waals surface area contributed by atoms with Gasteiger partial charge in [-0.2, -0.15) is 0 Å². The predicted octanol–water partition coefficient (Wildman–Crippen LogP) is 1.77. The van der Waals surface area contributed by atoms with Crippen molar-refractivity contribution in [3.63, 3.8) is 0 Å². The molecule has 0 saturated heterocycles. The third-order valence-corrected chi connectivity index (χ3v) is 5.06. The standard InChI is InChI=1S/C20H30ClN3O5/c1-19(2,3)20(28,18(27)22-4)23-16(25)15(17(26)24-29)8-6-5-7-13-9-11-14(21)12-10-13/h9-12,15,28-29H,5-8H2,1-4H3,(H,22,27)(H,23,25)(H,24,26)/t15-,20+/m0/s1. The van der Waals surface area contributed by atoms with Crippen LogP contribution in [-0.2, 0) is 20.8 Å². The summed E-state index contributed by atoms with van der Waals surface area (Å²) in [6, 6.07) is 7.39. The molecule has 0 aromatic heterocycles. The van der Waals surface area contributed by atoms with Gasteiger partial charge in [0.05, 0.1) is 0 Å². The molecule has 0 spiro atoms. The van der Waals surface area contributed by atoms with Gasteiger partial charge < -0.3 is 15.7 Å². The van der Waals surface area contributed by atoms with E-state index in [2.05, 4.69) is 10.6 Å². The summed E-state index contributed by atoms with van der Waals surface area (Å²) in [6.07, 6.45) is 2.08. The van der Waals surface area contributed by atoms with Gasteiger partial charge in [0.1, 0.15) is 5.92 Å². The van der Waals surface area contributed by atoms with Crippen molar-refractivity contribution >= 4 is 29.3 Å². The van der Waals surface area contributed by atoms with Crippen molar-refractivity contribution in [2.24, 2.45) is 11.3 Å². The molecule has 0 aliphatic carbocycles. The fraction of sp³-hybridized carbons (Fsp3) is 0.550. The van der Waals surface area contributed by atoms with Crippen LogP contribution in [-0.4, -0.2) is 40.8 Å². The highest BCUT2D eigenvalue weighted by molar-refractivity contribution is 6.30. The lowest BCUT2D eigenvalue weighted by Crippen LogP contribution is -2.66. The van der Waals surface area contributed by atoms with Crippen LogP contribution in [0.25, 0.3) is 0 Å². The SMILES string of the molecule is CNC(=O)[C@](O)(NC(=O)[C@H](CCCCc1ccc(Cl)cc1)C(=O)NO)C(C)(C)C. The smallest absolute Gasteiger partial charge is 0.273 e. The summed E-state index contributed by atoms with van der Waals surface area (Å²) in [5.74, 6) is -3.81. The number of aryl methyl sites for hydroxylation is 1. The number of rotatable bonds is 9. The Hall–Kier alpha value is -2.16. The molecule has 162 valence electrons. The van der Waals surface area contributed by atoms with Gasteiger partial charge in [-0.15, -0.1) is 0 Å². The molecule has 0 saturated carbocycles. The largest absolute Gasteiger partial charge is 0.363 e. The number of hydroxylamine groups is 1. The second-order valence-corrected chi connectivity index (χ2v) is 8.37. The second kappa shape index (κ2) is 10.6. The lowest BCUT2D eigenvalue weighted by Gasteiger charge is -2.39. The number of unbranched alkanes of at least 4 members (excludes halogenated alkanes) is 1. The van der Waals surface area contributed by atoms with E-state index in [1.165, 1.54) is 12.5 Å². The molecule has 8 nitrogen and oxygen atoms in total. The third-order valence-electron chi connectivity index (χ3n) is 4.81. The van der Waals surface area contributed by atoms with Gasteiger partial charge in [0.2, 0.25) is 11.6 Å². The topological polar surface area (TPSA) is 128 Å². The molecule has 0 aliphatic heterocycles. The Bertz CT molecular complexity index is 718. The fourth-order valence-electron chi connectivity index (χ4n) is 2.82. The molecular formula is C20H30ClN3O5. The highest BCUT2D eigenvalue weighted by Crippen LogP contribution is 2.29. The van der Waals surface area contributed by atoms with Crippen LogP contribution >= 0.6 is 11.6 Å². The minimum absolute atomic E-state index is 0.139. The van der Waals surface area contributed by atoms with Crippen molar-refractivity contribution in [2.75, 3.05) is 7.05 Å². The maximum atomic E-state index is 12.7. The Balaban J connectivity index is 2.80. The molecule has 29 heavy (non-hydrogen) atoms. The van der Waals surface area contributed by atoms with Crippen molar-refractivity contribution in [1.29, 1.82) is 0 Å². The number of benzene rings is 1. The summed E-state index contributed by atoms with van der Waals surface area (Å²) in [6.45, 7) is 4.74. The number of amides is 3. The first-order chi connectivity index (χ1) is 13.5. The van der Waals surface area contributed by atoms with Gasteiger partial charge in [-0.3, -0.25) is 19.6 Å². The van der Waals surface area contributed by atoms with E-state index in [-0.39, 0.29) is 6.42 Å². The van der Waals surface area contributed by atoms with Crippen LogP contribution < -0.4 is 16.1 Å². The second-order valence-electron chi connectivity index (χ2n) is 7.93. The Morgan fingerprint density at radius 2 is 1.66 bits per heavy atom. The van der Waals surface area contributed by atoms with Crippen molar-refractivity contribution in [1.82, 2.24) is 16.1 Å². The third kappa shape index (κ3) is 6.69. The van der Waals surface area contributed by atoms with Gasteiger partial charge >= 0.3 is 0 Å². The molecule has 1 aromatic carbocycles. The van der Waals surface area contributed by atoms with Crippen molar-refractivity contribution < 1.29 is 24.7 Å². The van der Waals surface area contributed by atoms with Crippen LogP contribution in [0.4, 0.5) is 0 Å². The first-order valence-corrected chi connectivity index (χ1v) is 9.79. The van der Waals surface area contributed by atoms with Crippen LogP contribution in [0.3, 0.4) is 0 Å². The summed E-state index contributed by atoms with van der Waals surface area (Å²) in [5, 5.41) is 25.0. The highest BCUT2D eigenvalue weighted by atomic mass is 35.5. The maximum absolute atomic E-state index is 12.7. The van der Waals surface area contributed by atoms with Crippen LogP contribution in [0.1, 0.15) is 45.6 Å². The Labute approximate surface area is 176 Å². The van der Waals surface area contributed by atoms with Crippen LogP contribution in [0, 0.1) is 11.3 Å². The average Bonchev–Trinajstić information content (AvgIpc) is 2.66. The van der Waals surface area contributed by atoms with Gasteiger partial charge in [-0.1, -0.05) is 50.9 Å². The Kier molecular flexibility index (Phi) is 9.07. The molecule has 2 atom stereocenters. The number of likely N-dealkylation sites (N-methyl/N-ethyl adjacent to an activating group) is 1. The molecule has 0 radical (unpaired) electrons. The highest BCUT2D eigenvalue weighted by Gasteiger charge is 2.49. The molecule has 0 unspecified atom stereocenters. The monoisotopic (exact) mass is 427 g/mol. The zero-order chi connectivity index (χ0) is 22.2. The van der Waals surface area contributed by atoms with Crippen LogP contribution in [0.5, 0.6) is 0 Å². The number of nitrogens with one attached hydrogen (secondary N) is 3. The summed E-state index contributed by atoms with van der Waals surface area (Å²) < 4.78 is 0. The van der Waals surface area contributed by atoms with E-state index >= 15 is 0 Å². The molecule has 3 amide bonds. The van der Waals surface area contributed by atoms with E-state index < -0.39 is 34.8 Å². The maximum Gasteiger partial charge on any atom is 0.273 e. The normalized spacial score (nSPS) is 14.4. The van der Waals surface area contributed by atoms with Crippen molar-refractivity contribution in [2.45, 2.75) is 52.2 Å². The molecular weight excluding hydrogens is 398 g/mol. The fourth-order valence-corrected chi connectivity index (χ4v) is 2.94. The van der Waals surface area contributed by atoms with E-state index in [1.54, 1.807) is 32.9 Å². The summed E-state index contributed by atoms with van der Waals surface area (Å²) in [5.41, 5.74) is -0.715. The Morgan fingerprint density at radius 1 is 1.07 bits per heavy atom. The molecule has 9 heteroatoms. The van der Waals surface area contributed by atoms with Crippen molar-refractivity contribution in [3.05, 3.63) is 34.9 Å². The summed E-state index contributed by atoms with van der Waals surface area (Å²) in [4.78, 5) is 36.9. The minimum Gasteiger partial charge on any atom is -0.363 e. The molecule has 0 fully saturated rings. The lowest BCUT2D eigenvalue weighted by atomic mass is 9.81. The van der Waals surface area contributed by atoms with E-state index in [4.69, 9.17) is 16.8 Å². The number of hydrogen-bond donors (Lipinski definition) is 5. The predicted molar refractivity (Wildman–Crippen MR) is 109 cm³/mol. The Morgan fingerprint density at radius 3 is 2.14 bits per heavy atom. The van der Waals surface area contributed by atoms with E-state index in [0.29, 0.717) is 17.9 Å². The zero-order valence-electron chi connectivity index (χ0n) is 17.2. The number of aliphatic hydroxyl groups is 1. The van der Waals surface area contributed by atoms with E-state index in [9.17, 15) is 19.5 Å². The van der Waals surface area contributed by atoms with Crippen LogP contribution in [0.15, 0.2) is 24.3 Å². The zero-order valence-corrected chi connectivity index (χ0v) is 18.0. The first kappa shape index (κ1) is 24.9. The number of hydrogen-bond acceptors (Lipinski definition) is 5. The number of carbonyl (C=O) groups excluding carboxylic acids is 3. The average molecular weight is 428 g/mol.